The molecule has 128 valence electrons. The van der Waals surface area contributed by atoms with Gasteiger partial charge in [-0.1, -0.05) is 42.5 Å². The SMILES string of the molecule is CN=C(N)C(=NC(C)c1ccccc1C=O)C(=O)Nc1ccccc1. The van der Waals surface area contributed by atoms with E-state index in [2.05, 4.69) is 15.3 Å². The van der Waals surface area contributed by atoms with Crippen LogP contribution >= 0.6 is 0 Å². The molecule has 1 unspecified atom stereocenters. The molecule has 0 aliphatic heterocycles. The molecule has 0 fully saturated rings. The highest BCUT2D eigenvalue weighted by Crippen LogP contribution is 2.20. The highest BCUT2D eigenvalue weighted by atomic mass is 16.2. The minimum Gasteiger partial charge on any atom is -0.382 e. The van der Waals surface area contributed by atoms with Crippen molar-refractivity contribution in [3.05, 3.63) is 65.7 Å². The summed E-state index contributed by atoms with van der Waals surface area (Å²) in [6.45, 7) is 1.79. The number of benzene rings is 2. The molecule has 1 atom stereocenters. The van der Waals surface area contributed by atoms with Gasteiger partial charge in [-0.25, -0.2) is 0 Å². The Bertz CT molecular complexity index is 813. The topological polar surface area (TPSA) is 96.9 Å². The van der Waals surface area contributed by atoms with Crippen LogP contribution in [0.1, 0.15) is 28.9 Å². The summed E-state index contributed by atoms with van der Waals surface area (Å²) >= 11 is 0. The Balaban J connectivity index is 2.34. The van der Waals surface area contributed by atoms with Gasteiger partial charge >= 0.3 is 0 Å². The van der Waals surface area contributed by atoms with E-state index in [-0.39, 0.29) is 11.5 Å². The van der Waals surface area contributed by atoms with Crippen molar-refractivity contribution < 1.29 is 9.59 Å². The van der Waals surface area contributed by atoms with Gasteiger partial charge in [0.25, 0.3) is 5.91 Å². The second-order valence-electron chi connectivity index (χ2n) is 5.33. The molecule has 0 aromatic heterocycles. The van der Waals surface area contributed by atoms with Gasteiger partial charge in [0.2, 0.25) is 0 Å². The van der Waals surface area contributed by atoms with Gasteiger partial charge in [-0.05, 0) is 24.6 Å². The Morgan fingerprint density at radius 3 is 2.40 bits per heavy atom. The first kappa shape index (κ1) is 18.1. The van der Waals surface area contributed by atoms with Crippen LogP contribution in [0.4, 0.5) is 5.69 Å². The monoisotopic (exact) mass is 336 g/mol. The molecule has 0 aliphatic rings. The molecule has 0 heterocycles. The maximum atomic E-state index is 12.6. The Kier molecular flexibility index (Phi) is 6.17. The summed E-state index contributed by atoms with van der Waals surface area (Å²) < 4.78 is 0. The zero-order valence-corrected chi connectivity index (χ0v) is 14.1. The highest BCUT2D eigenvalue weighted by molar-refractivity contribution is 6.68. The van der Waals surface area contributed by atoms with E-state index in [1.165, 1.54) is 7.05 Å². The van der Waals surface area contributed by atoms with E-state index in [1.807, 2.05) is 24.3 Å². The number of rotatable bonds is 6. The van der Waals surface area contributed by atoms with Crippen LogP contribution in [0.3, 0.4) is 0 Å². The van der Waals surface area contributed by atoms with Gasteiger partial charge in [-0.3, -0.25) is 19.6 Å². The molecular weight excluding hydrogens is 316 g/mol. The lowest BCUT2D eigenvalue weighted by atomic mass is 10.0. The highest BCUT2D eigenvalue weighted by Gasteiger charge is 2.18. The summed E-state index contributed by atoms with van der Waals surface area (Å²) in [5, 5.41) is 2.74. The summed E-state index contributed by atoms with van der Waals surface area (Å²) in [6, 6.07) is 15.7. The Morgan fingerprint density at radius 2 is 1.76 bits per heavy atom. The average Bonchev–Trinajstić information content (AvgIpc) is 2.65. The fourth-order valence-electron chi connectivity index (χ4n) is 2.32. The minimum atomic E-state index is -0.454. The van der Waals surface area contributed by atoms with Gasteiger partial charge in [0.05, 0.1) is 6.04 Å². The molecule has 6 heteroatoms. The number of carbonyl (C=O) groups is 2. The molecular formula is C19H20N4O2. The second kappa shape index (κ2) is 8.54. The number of nitrogens with two attached hydrogens (primary N) is 1. The van der Waals surface area contributed by atoms with Gasteiger partial charge in [0.1, 0.15) is 12.1 Å². The number of nitrogens with one attached hydrogen (secondary N) is 1. The van der Waals surface area contributed by atoms with Crippen LogP contribution in [-0.2, 0) is 4.79 Å². The fourth-order valence-corrected chi connectivity index (χ4v) is 2.32. The molecule has 0 bridgehead atoms. The zero-order chi connectivity index (χ0) is 18.2. The van der Waals surface area contributed by atoms with E-state index >= 15 is 0 Å². The van der Waals surface area contributed by atoms with E-state index in [9.17, 15) is 9.59 Å². The lowest BCUT2D eigenvalue weighted by Gasteiger charge is -2.13. The Hall–Kier alpha value is -3.28. The summed E-state index contributed by atoms with van der Waals surface area (Å²) in [4.78, 5) is 32.1. The second-order valence-corrected chi connectivity index (χ2v) is 5.33. The molecule has 0 aliphatic carbocycles. The van der Waals surface area contributed by atoms with Crippen LogP contribution in [0, 0.1) is 0 Å². The number of aldehydes is 1. The molecule has 0 spiro atoms. The van der Waals surface area contributed by atoms with Crippen molar-refractivity contribution in [3.63, 3.8) is 0 Å². The number of para-hydroxylation sites is 1. The Morgan fingerprint density at radius 1 is 1.12 bits per heavy atom. The maximum Gasteiger partial charge on any atom is 0.277 e. The normalized spacial score (nSPS) is 13.2. The molecule has 6 nitrogen and oxygen atoms in total. The third-order valence-corrected chi connectivity index (χ3v) is 3.63. The van der Waals surface area contributed by atoms with Gasteiger partial charge < -0.3 is 11.1 Å². The molecule has 3 N–H and O–H groups in total. The summed E-state index contributed by atoms with van der Waals surface area (Å²) in [6.07, 6.45) is 0.766. The molecule has 2 aromatic rings. The van der Waals surface area contributed by atoms with Crippen molar-refractivity contribution in [3.8, 4) is 0 Å². The molecule has 0 saturated heterocycles. The van der Waals surface area contributed by atoms with E-state index in [4.69, 9.17) is 5.73 Å². The molecule has 25 heavy (non-hydrogen) atoms. The fraction of sp³-hybridized carbons (Fsp3) is 0.158. The average molecular weight is 336 g/mol. The first-order valence-electron chi connectivity index (χ1n) is 7.77. The predicted molar refractivity (Wildman–Crippen MR) is 100 cm³/mol. The molecule has 2 aromatic carbocycles. The summed E-state index contributed by atoms with van der Waals surface area (Å²) in [5.41, 5.74) is 7.75. The van der Waals surface area contributed by atoms with Crippen molar-refractivity contribution in [1.82, 2.24) is 0 Å². The van der Waals surface area contributed by atoms with E-state index in [0.717, 1.165) is 6.29 Å². The van der Waals surface area contributed by atoms with Crippen molar-refractivity contribution in [2.24, 2.45) is 15.7 Å². The number of nitrogens with zero attached hydrogens (tertiary/aromatic N) is 2. The number of carbonyl (C=O) groups excluding carboxylic acids is 2. The van der Waals surface area contributed by atoms with Crippen LogP contribution in [0.25, 0.3) is 0 Å². The zero-order valence-electron chi connectivity index (χ0n) is 14.1. The quantitative estimate of drug-likeness (QED) is 0.482. The van der Waals surface area contributed by atoms with E-state index in [0.29, 0.717) is 16.8 Å². The molecule has 0 radical (unpaired) electrons. The third kappa shape index (κ3) is 4.60. The number of anilines is 1. The largest absolute Gasteiger partial charge is 0.382 e. The first-order valence-corrected chi connectivity index (χ1v) is 7.77. The molecule has 1 amide bonds. The van der Waals surface area contributed by atoms with Gasteiger partial charge in [0.15, 0.2) is 5.71 Å². The lowest BCUT2D eigenvalue weighted by Crippen LogP contribution is -2.35. The molecule has 0 saturated carbocycles. The maximum absolute atomic E-state index is 12.6. The predicted octanol–water partition coefficient (Wildman–Crippen LogP) is 2.63. The van der Waals surface area contributed by atoms with Gasteiger partial charge in [0, 0.05) is 18.3 Å². The number of amides is 1. The third-order valence-electron chi connectivity index (χ3n) is 3.63. The minimum absolute atomic E-state index is 0.0274. The van der Waals surface area contributed by atoms with Crippen LogP contribution in [0.2, 0.25) is 0 Å². The van der Waals surface area contributed by atoms with Crippen molar-refractivity contribution in [2.45, 2.75) is 13.0 Å². The summed E-state index contributed by atoms with van der Waals surface area (Å²) in [5.74, 6) is -0.423. The van der Waals surface area contributed by atoms with Crippen LogP contribution in [-0.4, -0.2) is 30.8 Å². The summed E-state index contributed by atoms with van der Waals surface area (Å²) in [7, 11) is 1.49. The number of amidine groups is 1. The first-order chi connectivity index (χ1) is 12.1. The number of aliphatic imine (C=N–C) groups is 2. The number of hydrogen-bond donors (Lipinski definition) is 2. The van der Waals surface area contributed by atoms with E-state index in [1.54, 1.807) is 37.3 Å². The van der Waals surface area contributed by atoms with Gasteiger partial charge in [-0.2, -0.15) is 0 Å². The van der Waals surface area contributed by atoms with Crippen molar-refractivity contribution in [2.75, 3.05) is 12.4 Å². The smallest absolute Gasteiger partial charge is 0.277 e. The van der Waals surface area contributed by atoms with Crippen molar-refractivity contribution >= 4 is 29.4 Å². The lowest BCUT2D eigenvalue weighted by molar-refractivity contribution is -0.110. The standard InChI is InChI=1S/C19H20N4O2/c1-13(16-11-7-6-8-14(16)12-24)22-17(18(20)21-2)19(25)23-15-9-4-3-5-10-15/h3-13H,1-2H3,(H2,20,21)(H,23,25). The molecule has 2 rings (SSSR count). The van der Waals surface area contributed by atoms with Crippen LogP contribution < -0.4 is 11.1 Å². The Labute approximate surface area is 146 Å². The number of hydrogen-bond acceptors (Lipinski definition) is 4. The van der Waals surface area contributed by atoms with E-state index < -0.39 is 11.9 Å². The van der Waals surface area contributed by atoms with Crippen molar-refractivity contribution in [1.29, 1.82) is 0 Å². The van der Waals surface area contributed by atoms with Crippen LogP contribution in [0.5, 0.6) is 0 Å². The van der Waals surface area contributed by atoms with Crippen LogP contribution in [0.15, 0.2) is 64.6 Å². The van der Waals surface area contributed by atoms with Gasteiger partial charge in [-0.15, -0.1) is 0 Å².